The van der Waals surface area contributed by atoms with Crippen LogP contribution in [0.5, 0.6) is 5.75 Å². The summed E-state index contributed by atoms with van der Waals surface area (Å²) in [5.74, 6) is -0.0795. The molecule has 1 N–H and O–H groups in total. The molecule has 0 radical (unpaired) electrons. The molecule has 24 heavy (non-hydrogen) atoms. The molecule has 0 aliphatic carbocycles. The first-order valence-corrected chi connectivity index (χ1v) is 11.6. The van der Waals surface area contributed by atoms with Gasteiger partial charge in [-0.2, -0.15) is 0 Å². The van der Waals surface area contributed by atoms with Crippen molar-refractivity contribution in [2.24, 2.45) is 0 Å². The van der Waals surface area contributed by atoms with Gasteiger partial charge in [0, 0.05) is 5.02 Å². The Morgan fingerprint density at radius 2 is 1.71 bits per heavy atom. The Balaban J connectivity index is 2.26. The number of benzene rings is 2. The Bertz CT molecular complexity index is 681. The van der Waals surface area contributed by atoms with Crippen LogP contribution in [0.3, 0.4) is 0 Å². The zero-order valence-corrected chi connectivity index (χ0v) is 16.0. The van der Waals surface area contributed by atoms with Crippen LogP contribution in [0.15, 0.2) is 48.5 Å². The lowest BCUT2D eigenvalue weighted by atomic mass is 10.2. The number of carboxylic acids is 1. The maximum Gasteiger partial charge on any atom is 0.335 e. The van der Waals surface area contributed by atoms with Crippen LogP contribution in [0, 0.1) is 0 Å². The minimum absolute atomic E-state index is 0.111. The Morgan fingerprint density at radius 3 is 2.21 bits per heavy atom. The Kier molecular flexibility index (Phi) is 6.08. The number of ether oxygens (including phenoxy) is 1. The van der Waals surface area contributed by atoms with Gasteiger partial charge in [0.2, 0.25) is 0 Å². The van der Waals surface area contributed by atoms with Gasteiger partial charge in [-0.15, -0.1) is 0 Å². The molecule has 2 aromatic rings. The molecular weight excluding hydrogens is 340 g/mol. The van der Waals surface area contributed by atoms with Crippen LogP contribution in [0.25, 0.3) is 0 Å². The number of hydrogen-bond donors (Lipinski definition) is 1. The fourth-order valence-electron chi connectivity index (χ4n) is 2.73. The predicted octanol–water partition coefficient (Wildman–Crippen LogP) is 4.74. The van der Waals surface area contributed by atoms with Gasteiger partial charge in [-0.1, -0.05) is 55.4 Å². The molecule has 1 unspecified atom stereocenters. The van der Waals surface area contributed by atoms with Gasteiger partial charge >= 0.3 is 5.97 Å². The summed E-state index contributed by atoms with van der Waals surface area (Å²) in [6, 6.07) is 14.7. The molecule has 1 atom stereocenters. The lowest BCUT2D eigenvalue weighted by Gasteiger charge is -2.33. The molecule has 0 heterocycles. The maximum atomic E-state index is 11.0. The second-order valence-electron chi connectivity index (χ2n) is 6.45. The molecule has 0 aliphatic heterocycles. The average Bonchev–Trinajstić information content (AvgIpc) is 2.56. The smallest absolute Gasteiger partial charge is 0.335 e. The summed E-state index contributed by atoms with van der Waals surface area (Å²) in [6.07, 6.45) is 1.99. The molecule has 0 amide bonds. The van der Waals surface area contributed by atoms with Crippen molar-refractivity contribution in [3.05, 3.63) is 59.1 Å². The average molecular weight is 363 g/mol. The molecule has 0 saturated heterocycles. The number of aromatic carboxylic acids is 1. The standard InChI is InChI=1S/C19H23ClO3Si/c1-4-5-18(23-16-10-8-15(20)9-11-16)24(2,3)17-12-6-14(7-13-17)19(21)22/h6-13,18H,4-5H2,1-3H3,(H,21,22). The van der Waals surface area contributed by atoms with Gasteiger partial charge in [-0.3, -0.25) is 0 Å². The van der Waals surface area contributed by atoms with Crippen molar-refractivity contribution in [2.75, 3.05) is 0 Å². The van der Waals surface area contributed by atoms with Crippen molar-refractivity contribution in [2.45, 2.75) is 38.6 Å². The SMILES string of the molecule is CCCC(Oc1ccc(Cl)cc1)[Si](C)(C)c1ccc(C(=O)O)cc1. The normalized spacial score (nSPS) is 12.7. The monoisotopic (exact) mass is 362 g/mol. The highest BCUT2D eigenvalue weighted by atomic mass is 35.5. The number of rotatable bonds is 7. The minimum Gasteiger partial charge on any atom is -0.494 e. The van der Waals surface area contributed by atoms with E-state index in [0.29, 0.717) is 10.6 Å². The molecule has 0 bridgehead atoms. The topological polar surface area (TPSA) is 46.5 Å². The summed E-state index contributed by atoms with van der Waals surface area (Å²) < 4.78 is 6.29. The van der Waals surface area contributed by atoms with E-state index in [1.54, 1.807) is 12.1 Å². The van der Waals surface area contributed by atoms with Crippen LogP contribution >= 0.6 is 11.6 Å². The van der Waals surface area contributed by atoms with E-state index < -0.39 is 14.0 Å². The third kappa shape index (κ3) is 4.39. The van der Waals surface area contributed by atoms with Crippen LogP contribution < -0.4 is 9.92 Å². The number of hydrogen-bond acceptors (Lipinski definition) is 2. The Labute approximate surface area is 149 Å². The van der Waals surface area contributed by atoms with Gasteiger partial charge < -0.3 is 9.84 Å². The van der Waals surface area contributed by atoms with Crippen LogP contribution in [-0.4, -0.2) is 24.9 Å². The highest BCUT2D eigenvalue weighted by Gasteiger charge is 2.35. The minimum atomic E-state index is -1.93. The molecule has 0 aromatic heterocycles. The first kappa shape index (κ1) is 18.6. The zero-order chi connectivity index (χ0) is 17.7. The molecular formula is C19H23ClO3Si. The van der Waals surface area contributed by atoms with Gasteiger partial charge in [-0.05, 0) is 42.8 Å². The van der Waals surface area contributed by atoms with E-state index in [2.05, 4.69) is 20.0 Å². The first-order chi connectivity index (χ1) is 11.3. The van der Waals surface area contributed by atoms with Crippen LogP contribution in [0.1, 0.15) is 30.1 Å². The molecule has 128 valence electrons. The zero-order valence-electron chi connectivity index (χ0n) is 14.3. The summed E-state index contributed by atoms with van der Waals surface area (Å²) in [5, 5.41) is 10.9. The Hall–Kier alpha value is -1.78. The largest absolute Gasteiger partial charge is 0.494 e. The molecule has 5 heteroatoms. The van der Waals surface area contributed by atoms with E-state index >= 15 is 0 Å². The van der Waals surface area contributed by atoms with Gasteiger partial charge in [0.05, 0.1) is 11.3 Å². The van der Waals surface area contributed by atoms with Gasteiger partial charge in [0.1, 0.15) is 13.8 Å². The van der Waals surface area contributed by atoms with Crippen molar-refractivity contribution in [1.82, 2.24) is 0 Å². The number of carbonyl (C=O) groups is 1. The molecule has 2 aromatic carbocycles. The van der Waals surface area contributed by atoms with Crippen LogP contribution in [0.2, 0.25) is 18.1 Å². The van der Waals surface area contributed by atoms with Crippen LogP contribution in [0.4, 0.5) is 0 Å². The molecule has 0 spiro atoms. The summed E-state index contributed by atoms with van der Waals surface area (Å²) >= 11 is 5.94. The second kappa shape index (κ2) is 7.86. The van der Waals surface area contributed by atoms with Crippen molar-refractivity contribution in [1.29, 1.82) is 0 Å². The van der Waals surface area contributed by atoms with Crippen molar-refractivity contribution < 1.29 is 14.6 Å². The second-order valence-corrected chi connectivity index (χ2v) is 11.6. The fraction of sp³-hybridized carbons (Fsp3) is 0.316. The van der Waals surface area contributed by atoms with Gasteiger partial charge in [0.15, 0.2) is 0 Å². The van der Waals surface area contributed by atoms with E-state index in [-0.39, 0.29) is 5.73 Å². The van der Waals surface area contributed by atoms with E-state index in [1.807, 2.05) is 36.4 Å². The number of carboxylic acid groups (broad SMARTS) is 1. The molecule has 0 saturated carbocycles. The lowest BCUT2D eigenvalue weighted by molar-refractivity contribution is 0.0697. The summed E-state index contributed by atoms with van der Waals surface area (Å²) in [5.41, 5.74) is 0.425. The predicted molar refractivity (Wildman–Crippen MR) is 101 cm³/mol. The maximum absolute atomic E-state index is 11.0. The Morgan fingerprint density at radius 1 is 1.12 bits per heavy atom. The van der Waals surface area contributed by atoms with Crippen LogP contribution in [-0.2, 0) is 0 Å². The summed E-state index contributed by atoms with van der Waals surface area (Å²) in [7, 11) is -1.93. The van der Waals surface area contributed by atoms with E-state index in [1.165, 1.54) is 5.19 Å². The third-order valence-electron chi connectivity index (χ3n) is 4.32. The summed E-state index contributed by atoms with van der Waals surface area (Å²) in [4.78, 5) is 11.0. The first-order valence-electron chi connectivity index (χ1n) is 8.10. The van der Waals surface area contributed by atoms with E-state index in [4.69, 9.17) is 21.4 Å². The molecule has 2 rings (SSSR count). The van der Waals surface area contributed by atoms with Crippen molar-refractivity contribution in [3.8, 4) is 5.75 Å². The molecule has 3 nitrogen and oxygen atoms in total. The highest BCUT2D eigenvalue weighted by molar-refractivity contribution is 6.90. The third-order valence-corrected chi connectivity index (χ3v) is 8.41. The lowest BCUT2D eigenvalue weighted by Crippen LogP contribution is -2.55. The molecule has 0 aliphatic rings. The van der Waals surface area contributed by atoms with Crippen molar-refractivity contribution >= 4 is 30.8 Å². The van der Waals surface area contributed by atoms with E-state index in [9.17, 15) is 4.79 Å². The highest BCUT2D eigenvalue weighted by Crippen LogP contribution is 2.23. The van der Waals surface area contributed by atoms with Gasteiger partial charge in [-0.25, -0.2) is 4.79 Å². The van der Waals surface area contributed by atoms with Crippen molar-refractivity contribution in [3.63, 3.8) is 0 Å². The van der Waals surface area contributed by atoms with E-state index in [0.717, 1.165) is 18.6 Å². The quantitative estimate of drug-likeness (QED) is 0.723. The fourth-order valence-corrected chi connectivity index (χ4v) is 5.70. The number of halogens is 1. The molecule has 0 fully saturated rings. The van der Waals surface area contributed by atoms with Gasteiger partial charge in [0.25, 0.3) is 0 Å². The summed E-state index contributed by atoms with van der Waals surface area (Å²) in [6.45, 7) is 6.67.